The van der Waals surface area contributed by atoms with Crippen LogP contribution in [0.1, 0.15) is 25.7 Å². The lowest BCUT2D eigenvalue weighted by Crippen LogP contribution is -2.36. The fraction of sp³-hybridized carbons (Fsp3) is 0.467. The van der Waals surface area contributed by atoms with Crippen LogP contribution < -0.4 is 4.90 Å². The molecule has 3 nitrogen and oxygen atoms in total. The predicted octanol–water partition coefficient (Wildman–Crippen LogP) is 3.62. The van der Waals surface area contributed by atoms with Gasteiger partial charge in [0.05, 0.1) is 5.52 Å². The summed E-state index contributed by atoms with van der Waals surface area (Å²) in [5, 5.41) is 1.09. The highest BCUT2D eigenvalue weighted by molar-refractivity contribution is 6.18. The van der Waals surface area contributed by atoms with Gasteiger partial charge >= 0.3 is 0 Å². The van der Waals surface area contributed by atoms with Gasteiger partial charge in [-0.15, -0.1) is 11.6 Å². The SMILES string of the molecule is ClCCN(c1ncc2ccccc2n1)C1CCCC1. The Morgan fingerprint density at radius 1 is 1.21 bits per heavy atom. The third-order valence-corrected chi connectivity index (χ3v) is 3.99. The molecule has 0 spiro atoms. The summed E-state index contributed by atoms with van der Waals surface area (Å²) >= 11 is 5.95. The van der Waals surface area contributed by atoms with Gasteiger partial charge in [-0.1, -0.05) is 31.0 Å². The molecule has 0 bridgehead atoms. The molecule has 0 atom stereocenters. The van der Waals surface area contributed by atoms with Gasteiger partial charge in [0.2, 0.25) is 5.95 Å². The van der Waals surface area contributed by atoms with E-state index >= 15 is 0 Å². The van der Waals surface area contributed by atoms with Gasteiger partial charge in [0, 0.05) is 30.0 Å². The largest absolute Gasteiger partial charge is 0.337 e. The molecule has 0 N–H and O–H groups in total. The van der Waals surface area contributed by atoms with Crippen molar-refractivity contribution in [2.24, 2.45) is 0 Å². The lowest BCUT2D eigenvalue weighted by Gasteiger charge is -2.28. The van der Waals surface area contributed by atoms with E-state index in [1.807, 2.05) is 30.5 Å². The Morgan fingerprint density at radius 3 is 2.79 bits per heavy atom. The molecule has 0 amide bonds. The Kier molecular flexibility index (Phi) is 3.83. The first-order chi connectivity index (χ1) is 9.38. The second-order valence-corrected chi connectivity index (χ2v) is 5.43. The zero-order chi connectivity index (χ0) is 13.1. The van der Waals surface area contributed by atoms with Crippen LogP contribution in [0.2, 0.25) is 0 Å². The summed E-state index contributed by atoms with van der Waals surface area (Å²) in [6.45, 7) is 0.824. The Labute approximate surface area is 118 Å². The highest BCUT2D eigenvalue weighted by Crippen LogP contribution is 2.27. The average molecular weight is 276 g/mol. The minimum absolute atomic E-state index is 0.555. The number of alkyl halides is 1. The molecular formula is C15H18ClN3. The number of rotatable bonds is 4. The fourth-order valence-electron chi connectivity index (χ4n) is 2.85. The van der Waals surface area contributed by atoms with Crippen LogP contribution in [-0.4, -0.2) is 28.4 Å². The van der Waals surface area contributed by atoms with Crippen molar-refractivity contribution < 1.29 is 0 Å². The van der Waals surface area contributed by atoms with Crippen molar-refractivity contribution in [3.8, 4) is 0 Å². The van der Waals surface area contributed by atoms with Gasteiger partial charge in [0.1, 0.15) is 0 Å². The van der Waals surface area contributed by atoms with Crippen molar-refractivity contribution in [1.82, 2.24) is 9.97 Å². The summed E-state index contributed by atoms with van der Waals surface area (Å²) in [4.78, 5) is 11.5. The Hall–Kier alpha value is -1.35. The molecule has 19 heavy (non-hydrogen) atoms. The third-order valence-electron chi connectivity index (χ3n) is 3.82. The second-order valence-electron chi connectivity index (χ2n) is 5.05. The van der Waals surface area contributed by atoms with Crippen LogP contribution in [0, 0.1) is 0 Å². The molecule has 1 aliphatic rings. The third kappa shape index (κ3) is 2.66. The van der Waals surface area contributed by atoms with E-state index in [4.69, 9.17) is 16.6 Å². The van der Waals surface area contributed by atoms with Crippen LogP contribution >= 0.6 is 11.6 Å². The van der Waals surface area contributed by atoms with Crippen molar-refractivity contribution in [2.75, 3.05) is 17.3 Å². The molecule has 1 aliphatic carbocycles. The molecule has 0 radical (unpaired) electrons. The summed E-state index contributed by atoms with van der Waals surface area (Å²) in [5.41, 5.74) is 1.00. The zero-order valence-electron chi connectivity index (χ0n) is 10.9. The first-order valence-electron chi connectivity index (χ1n) is 6.93. The molecular weight excluding hydrogens is 258 g/mol. The molecule has 0 unspecified atom stereocenters. The highest BCUT2D eigenvalue weighted by Gasteiger charge is 2.24. The van der Waals surface area contributed by atoms with E-state index in [9.17, 15) is 0 Å². The number of para-hydroxylation sites is 1. The molecule has 1 fully saturated rings. The van der Waals surface area contributed by atoms with Crippen molar-refractivity contribution >= 4 is 28.5 Å². The monoisotopic (exact) mass is 275 g/mol. The van der Waals surface area contributed by atoms with Crippen molar-refractivity contribution in [3.63, 3.8) is 0 Å². The van der Waals surface area contributed by atoms with Gasteiger partial charge in [0.25, 0.3) is 0 Å². The summed E-state index contributed by atoms with van der Waals surface area (Å²) in [6.07, 6.45) is 6.97. The van der Waals surface area contributed by atoms with Gasteiger partial charge in [0.15, 0.2) is 0 Å². The zero-order valence-corrected chi connectivity index (χ0v) is 11.7. The minimum atomic E-state index is 0.555. The van der Waals surface area contributed by atoms with Crippen LogP contribution in [0.15, 0.2) is 30.5 Å². The minimum Gasteiger partial charge on any atom is -0.337 e. The molecule has 3 rings (SSSR count). The Balaban J connectivity index is 1.94. The molecule has 2 aromatic rings. The summed E-state index contributed by atoms with van der Waals surface area (Å²) in [5.74, 6) is 1.44. The number of aromatic nitrogens is 2. The number of halogens is 1. The van der Waals surface area contributed by atoms with E-state index in [0.717, 1.165) is 23.4 Å². The summed E-state index contributed by atoms with van der Waals surface area (Å²) in [6, 6.07) is 8.66. The van der Waals surface area contributed by atoms with E-state index in [1.54, 1.807) is 0 Å². The number of hydrogen-bond acceptors (Lipinski definition) is 3. The van der Waals surface area contributed by atoms with Crippen molar-refractivity contribution in [1.29, 1.82) is 0 Å². The molecule has 1 saturated carbocycles. The Bertz CT molecular complexity index is 552. The van der Waals surface area contributed by atoms with Crippen LogP contribution in [0.3, 0.4) is 0 Å². The normalized spacial score (nSPS) is 16.1. The summed E-state index contributed by atoms with van der Waals surface area (Å²) < 4.78 is 0. The van der Waals surface area contributed by atoms with Gasteiger partial charge in [-0.3, -0.25) is 0 Å². The van der Waals surface area contributed by atoms with Crippen LogP contribution in [-0.2, 0) is 0 Å². The smallest absolute Gasteiger partial charge is 0.226 e. The quantitative estimate of drug-likeness (QED) is 0.798. The van der Waals surface area contributed by atoms with Crippen LogP contribution in [0.4, 0.5) is 5.95 Å². The molecule has 1 heterocycles. The number of anilines is 1. The fourth-order valence-corrected chi connectivity index (χ4v) is 3.04. The topological polar surface area (TPSA) is 29.0 Å². The van der Waals surface area contributed by atoms with Crippen LogP contribution in [0.5, 0.6) is 0 Å². The maximum Gasteiger partial charge on any atom is 0.226 e. The molecule has 1 aromatic carbocycles. The number of benzene rings is 1. The number of hydrogen-bond donors (Lipinski definition) is 0. The van der Waals surface area contributed by atoms with E-state index in [0.29, 0.717) is 11.9 Å². The number of fused-ring (bicyclic) bond motifs is 1. The molecule has 0 saturated heterocycles. The highest BCUT2D eigenvalue weighted by atomic mass is 35.5. The van der Waals surface area contributed by atoms with Gasteiger partial charge in [-0.05, 0) is 18.9 Å². The van der Waals surface area contributed by atoms with E-state index in [2.05, 4.69) is 9.88 Å². The maximum absolute atomic E-state index is 5.95. The second kappa shape index (κ2) is 5.74. The molecule has 4 heteroatoms. The van der Waals surface area contributed by atoms with Gasteiger partial charge < -0.3 is 4.90 Å². The standard InChI is InChI=1S/C15H18ClN3/c16-9-10-19(13-6-2-3-7-13)15-17-11-12-5-1-4-8-14(12)18-15/h1,4-5,8,11,13H,2-3,6-7,9-10H2. The summed E-state index contributed by atoms with van der Waals surface area (Å²) in [7, 11) is 0. The van der Waals surface area contributed by atoms with Crippen molar-refractivity contribution in [2.45, 2.75) is 31.7 Å². The van der Waals surface area contributed by atoms with E-state index < -0.39 is 0 Å². The van der Waals surface area contributed by atoms with E-state index in [1.165, 1.54) is 25.7 Å². The molecule has 1 aromatic heterocycles. The average Bonchev–Trinajstić information content (AvgIpc) is 2.98. The lowest BCUT2D eigenvalue weighted by atomic mass is 10.2. The maximum atomic E-state index is 5.95. The molecule has 100 valence electrons. The van der Waals surface area contributed by atoms with Gasteiger partial charge in [-0.2, -0.15) is 0 Å². The lowest BCUT2D eigenvalue weighted by molar-refractivity contribution is 0.607. The number of nitrogens with zero attached hydrogens (tertiary/aromatic N) is 3. The van der Waals surface area contributed by atoms with Crippen LogP contribution in [0.25, 0.3) is 10.9 Å². The predicted molar refractivity (Wildman–Crippen MR) is 79.9 cm³/mol. The first kappa shape index (κ1) is 12.7. The van der Waals surface area contributed by atoms with E-state index in [-0.39, 0.29) is 0 Å². The van der Waals surface area contributed by atoms with Crippen molar-refractivity contribution in [3.05, 3.63) is 30.5 Å². The first-order valence-corrected chi connectivity index (χ1v) is 7.46. The molecule has 0 aliphatic heterocycles. The van der Waals surface area contributed by atoms with Gasteiger partial charge in [-0.25, -0.2) is 9.97 Å². The Morgan fingerprint density at radius 2 is 2.00 bits per heavy atom.